The molecule has 0 amide bonds. The van der Waals surface area contributed by atoms with E-state index in [2.05, 4.69) is 40.8 Å². The number of benzene rings is 1. The molecule has 11 nitrogen and oxygen atoms in total. The van der Waals surface area contributed by atoms with E-state index in [-0.39, 0.29) is 28.5 Å². The Labute approximate surface area is 210 Å². The zero-order valence-electron chi connectivity index (χ0n) is 20.0. The summed E-state index contributed by atoms with van der Waals surface area (Å²) in [7, 11) is 4.31. The van der Waals surface area contributed by atoms with Crippen LogP contribution in [0, 0.1) is 0 Å². The van der Waals surface area contributed by atoms with Crippen molar-refractivity contribution in [3.05, 3.63) is 48.2 Å². The summed E-state index contributed by atoms with van der Waals surface area (Å²) in [6, 6.07) is 7.36. The van der Waals surface area contributed by atoms with E-state index >= 15 is 0 Å². The highest BCUT2D eigenvalue weighted by atomic mass is 19.4. The Morgan fingerprint density at radius 1 is 1.00 bits per heavy atom. The number of ether oxygens (including phenoxy) is 1. The molecular formula is C22H19F5N10O. The number of pyridine rings is 1. The van der Waals surface area contributed by atoms with Crippen molar-refractivity contribution in [1.29, 1.82) is 0 Å². The van der Waals surface area contributed by atoms with E-state index in [9.17, 15) is 22.0 Å². The van der Waals surface area contributed by atoms with Crippen LogP contribution in [0.5, 0.6) is 5.75 Å². The summed E-state index contributed by atoms with van der Waals surface area (Å²) in [5, 5.41) is 13.9. The van der Waals surface area contributed by atoms with Crippen LogP contribution in [0.2, 0.25) is 0 Å². The van der Waals surface area contributed by atoms with Crippen LogP contribution in [0.15, 0.2) is 36.7 Å². The first-order valence-electron chi connectivity index (χ1n) is 10.9. The van der Waals surface area contributed by atoms with Crippen molar-refractivity contribution in [2.24, 2.45) is 14.1 Å². The van der Waals surface area contributed by atoms with Gasteiger partial charge in [0.1, 0.15) is 23.4 Å². The van der Waals surface area contributed by atoms with Crippen LogP contribution in [0.25, 0.3) is 22.6 Å². The van der Waals surface area contributed by atoms with Gasteiger partial charge in [-0.3, -0.25) is 9.36 Å². The number of hydrogen-bond donors (Lipinski definition) is 3. The molecule has 0 radical (unpaired) electrons. The monoisotopic (exact) mass is 534 g/mol. The lowest BCUT2D eigenvalue weighted by Gasteiger charge is -2.15. The molecule has 0 unspecified atom stereocenters. The Bertz CT molecular complexity index is 1620. The van der Waals surface area contributed by atoms with Crippen LogP contribution in [-0.4, -0.2) is 46.6 Å². The fraction of sp³-hybridized carbons (Fsp3) is 0.227. The number of halogens is 5. The van der Waals surface area contributed by atoms with Gasteiger partial charge in [0.15, 0.2) is 28.9 Å². The molecule has 198 valence electrons. The Balaban J connectivity index is 1.58. The van der Waals surface area contributed by atoms with Gasteiger partial charge in [-0.15, -0.1) is 0 Å². The van der Waals surface area contributed by atoms with Crippen molar-refractivity contribution in [1.82, 2.24) is 39.5 Å². The highest BCUT2D eigenvalue weighted by Crippen LogP contribution is 2.38. The smallest absolute Gasteiger partial charge is 0.433 e. The number of nitrogens with one attached hydrogen (secondary N) is 3. The number of rotatable bonds is 7. The molecule has 0 fully saturated rings. The second-order valence-electron chi connectivity index (χ2n) is 8.09. The maximum absolute atomic E-state index is 13.4. The zero-order valence-corrected chi connectivity index (χ0v) is 20.0. The van der Waals surface area contributed by atoms with Gasteiger partial charge in [0, 0.05) is 26.2 Å². The number of fused-ring (bicyclic) bond motifs is 1. The van der Waals surface area contributed by atoms with E-state index in [1.165, 1.54) is 24.2 Å². The topological polar surface area (TPSA) is 123 Å². The Kier molecular flexibility index (Phi) is 6.08. The predicted molar refractivity (Wildman–Crippen MR) is 127 cm³/mol. The van der Waals surface area contributed by atoms with Gasteiger partial charge in [-0.25, -0.2) is 23.7 Å². The van der Waals surface area contributed by atoms with Crippen LogP contribution in [-0.2, 0) is 20.3 Å². The van der Waals surface area contributed by atoms with Crippen molar-refractivity contribution in [3.8, 4) is 17.1 Å². The molecule has 1 aromatic carbocycles. The molecule has 16 heteroatoms. The number of aryl methyl sites for hydroxylation is 2. The highest BCUT2D eigenvalue weighted by molar-refractivity contribution is 5.92. The number of H-pyrrole nitrogens is 1. The molecule has 38 heavy (non-hydrogen) atoms. The second kappa shape index (κ2) is 9.28. The molecule has 0 aliphatic rings. The molecule has 5 rings (SSSR count). The highest BCUT2D eigenvalue weighted by Gasteiger charge is 2.35. The first kappa shape index (κ1) is 24.9. The van der Waals surface area contributed by atoms with Crippen molar-refractivity contribution in [2.75, 3.05) is 17.7 Å². The molecule has 3 N–H and O–H groups in total. The van der Waals surface area contributed by atoms with Crippen molar-refractivity contribution in [2.45, 2.75) is 12.6 Å². The first-order chi connectivity index (χ1) is 18.0. The maximum Gasteiger partial charge on any atom is 0.433 e. The lowest BCUT2D eigenvalue weighted by atomic mass is 10.1. The Hall–Kier alpha value is -4.76. The lowest BCUT2D eigenvalue weighted by molar-refractivity contribution is -0.143. The summed E-state index contributed by atoms with van der Waals surface area (Å²) in [6.07, 6.45) is -6.01. The van der Waals surface area contributed by atoms with E-state index in [0.717, 1.165) is 13.1 Å². The number of imidazole rings is 1. The molecule has 0 aliphatic heterocycles. The SMILES string of the molecule is COc1c(Nc2cc(Nc3cc(C(F)(F)F)n(C)n3)nc3[nH]c(C(F)F)nc23)cccc1-c1ncn(C)n1. The fourth-order valence-electron chi connectivity index (χ4n) is 3.84. The van der Waals surface area contributed by atoms with Gasteiger partial charge >= 0.3 is 6.18 Å². The summed E-state index contributed by atoms with van der Waals surface area (Å²) in [4.78, 5) is 14.8. The van der Waals surface area contributed by atoms with Crippen LogP contribution >= 0.6 is 0 Å². The normalized spacial score (nSPS) is 11.9. The number of methoxy groups -OCH3 is 1. The molecule has 0 bridgehead atoms. The molecule has 0 saturated carbocycles. The molecule has 4 aromatic heterocycles. The molecule has 0 spiro atoms. The van der Waals surface area contributed by atoms with E-state index < -0.39 is 24.1 Å². The average molecular weight is 534 g/mol. The quantitative estimate of drug-likeness (QED) is 0.251. The van der Waals surface area contributed by atoms with Gasteiger partial charge in [0.05, 0.1) is 24.0 Å². The number of hydrogen-bond acceptors (Lipinski definition) is 8. The fourth-order valence-corrected chi connectivity index (χ4v) is 3.84. The molecule has 0 aliphatic carbocycles. The summed E-state index contributed by atoms with van der Waals surface area (Å²) in [5.74, 6) is 0.0149. The summed E-state index contributed by atoms with van der Waals surface area (Å²) in [5.41, 5.74) is 0.273. The molecular weight excluding hydrogens is 515 g/mol. The minimum Gasteiger partial charge on any atom is -0.494 e. The van der Waals surface area contributed by atoms with Gasteiger partial charge in [-0.1, -0.05) is 6.07 Å². The number of nitrogens with zero attached hydrogens (tertiary/aromatic N) is 7. The van der Waals surface area contributed by atoms with E-state index in [4.69, 9.17) is 4.74 Å². The third-order valence-electron chi connectivity index (χ3n) is 5.43. The van der Waals surface area contributed by atoms with Gasteiger partial charge in [-0.05, 0) is 12.1 Å². The van der Waals surface area contributed by atoms with Crippen LogP contribution in [0.1, 0.15) is 17.9 Å². The van der Waals surface area contributed by atoms with Crippen molar-refractivity contribution >= 4 is 34.2 Å². The van der Waals surface area contributed by atoms with Crippen LogP contribution < -0.4 is 15.4 Å². The standard InChI is InChI=1S/C22H19F5N10O/c1-36-9-28-19(35-36)10-5-4-6-11(17(10)38-3)29-12-7-14(31-20-16(12)32-21(33-20)18(23)24)30-15-8-13(22(25,26)27)37(2)34-15/h4-9,18H,1-3H3,(H3,29,30,31,32,33,34). The summed E-state index contributed by atoms with van der Waals surface area (Å²) in [6.45, 7) is 0. The molecule has 0 atom stereocenters. The molecule has 0 saturated heterocycles. The van der Waals surface area contributed by atoms with Gasteiger partial charge < -0.3 is 20.4 Å². The molecule has 4 heterocycles. The Morgan fingerprint density at radius 2 is 1.79 bits per heavy atom. The lowest BCUT2D eigenvalue weighted by Crippen LogP contribution is -2.11. The minimum atomic E-state index is -4.62. The third kappa shape index (κ3) is 4.67. The van der Waals surface area contributed by atoms with Gasteiger partial charge in [-0.2, -0.15) is 23.4 Å². The average Bonchev–Trinajstić information content (AvgIpc) is 3.57. The van der Waals surface area contributed by atoms with Gasteiger partial charge in [0.2, 0.25) is 0 Å². The number of anilines is 4. The summed E-state index contributed by atoms with van der Waals surface area (Å²) < 4.78 is 74.2. The minimum absolute atomic E-state index is 0.0257. The number of aromatic nitrogens is 8. The predicted octanol–water partition coefficient (Wildman–Crippen LogP) is 4.94. The van der Waals surface area contributed by atoms with Crippen LogP contribution in [0.3, 0.4) is 0 Å². The largest absolute Gasteiger partial charge is 0.494 e. The maximum atomic E-state index is 13.4. The van der Waals surface area contributed by atoms with Gasteiger partial charge in [0.25, 0.3) is 6.43 Å². The van der Waals surface area contributed by atoms with Crippen molar-refractivity contribution in [3.63, 3.8) is 0 Å². The molecule has 5 aromatic rings. The third-order valence-corrected chi connectivity index (χ3v) is 5.43. The van der Waals surface area contributed by atoms with E-state index in [1.807, 2.05) is 0 Å². The van der Waals surface area contributed by atoms with Crippen molar-refractivity contribution < 1.29 is 26.7 Å². The van der Waals surface area contributed by atoms with Crippen LogP contribution in [0.4, 0.5) is 45.0 Å². The summed E-state index contributed by atoms with van der Waals surface area (Å²) >= 11 is 0. The number of para-hydroxylation sites is 1. The second-order valence-corrected chi connectivity index (χ2v) is 8.09. The number of aromatic amines is 1. The Morgan fingerprint density at radius 3 is 2.42 bits per heavy atom. The zero-order chi connectivity index (χ0) is 27.2. The van der Waals surface area contributed by atoms with E-state index in [0.29, 0.717) is 27.5 Å². The first-order valence-corrected chi connectivity index (χ1v) is 10.9. The number of alkyl halides is 5. The van der Waals surface area contributed by atoms with E-state index in [1.54, 1.807) is 25.2 Å².